The largest absolute Gasteiger partial charge is 0.331 e. The molecule has 0 unspecified atom stereocenters. The highest BCUT2D eigenvalue weighted by Gasteiger charge is 2.18. The van der Waals surface area contributed by atoms with E-state index in [9.17, 15) is 14.4 Å². The molecule has 144 valence electrons. The van der Waals surface area contributed by atoms with E-state index in [0.717, 1.165) is 5.56 Å². The third-order valence-corrected chi connectivity index (χ3v) is 4.38. The number of amides is 1. The van der Waals surface area contributed by atoms with Crippen molar-refractivity contribution in [2.75, 3.05) is 6.54 Å². The second kappa shape index (κ2) is 8.47. The van der Waals surface area contributed by atoms with E-state index in [1.54, 1.807) is 11.0 Å². The molecule has 7 nitrogen and oxygen atoms in total. The fourth-order valence-corrected chi connectivity index (χ4v) is 3.08. The summed E-state index contributed by atoms with van der Waals surface area (Å²) >= 11 is 0. The number of H-pyrrole nitrogens is 1. The summed E-state index contributed by atoms with van der Waals surface area (Å²) in [5, 5.41) is 0.220. The molecule has 0 saturated carbocycles. The maximum absolute atomic E-state index is 13.0. The topological polar surface area (TPSA) is 88.1 Å². The molecule has 1 amide bonds. The van der Waals surface area contributed by atoms with E-state index in [4.69, 9.17) is 0 Å². The molecule has 0 radical (unpaired) electrons. The summed E-state index contributed by atoms with van der Waals surface area (Å²) in [5.41, 5.74) is 0.514. The van der Waals surface area contributed by atoms with Crippen LogP contribution in [-0.2, 0) is 13.1 Å². The van der Waals surface area contributed by atoms with Gasteiger partial charge in [-0.2, -0.15) is 0 Å². The number of rotatable bonds is 7. The van der Waals surface area contributed by atoms with Crippen LogP contribution in [0.25, 0.3) is 11.0 Å². The third kappa shape index (κ3) is 3.93. The highest BCUT2D eigenvalue weighted by molar-refractivity contribution is 5.96. The molecule has 7 heteroatoms. The fraction of sp³-hybridized carbons (Fsp3) is 0.238. The van der Waals surface area contributed by atoms with Gasteiger partial charge in [-0.1, -0.05) is 43.3 Å². The number of aromatic nitrogens is 3. The van der Waals surface area contributed by atoms with E-state index in [2.05, 4.69) is 16.5 Å². The van der Waals surface area contributed by atoms with Gasteiger partial charge in [0.15, 0.2) is 0 Å². The van der Waals surface area contributed by atoms with Gasteiger partial charge in [0.2, 0.25) is 0 Å². The zero-order valence-electron chi connectivity index (χ0n) is 15.7. The van der Waals surface area contributed by atoms with E-state index in [-0.39, 0.29) is 22.5 Å². The zero-order chi connectivity index (χ0) is 20.1. The van der Waals surface area contributed by atoms with E-state index in [1.807, 2.05) is 37.3 Å². The Morgan fingerprint density at radius 1 is 1.29 bits per heavy atom. The van der Waals surface area contributed by atoms with Crippen molar-refractivity contribution in [2.24, 2.45) is 0 Å². The zero-order valence-corrected chi connectivity index (χ0v) is 15.7. The molecule has 3 aromatic rings. The lowest BCUT2D eigenvalue weighted by molar-refractivity contribution is 0.0762. The molecule has 0 spiro atoms. The summed E-state index contributed by atoms with van der Waals surface area (Å²) in [6.45, 7) is 6.85. The Morgan fingerprint density at radius 2 is 2.04 bits per heavy atom. The number of nitrogens with one attached hydrogen (secondary N) is 1. The normalized spacial score (nSPS) is 10.8. The average Bonchev–Trinajstić information content (AvgIpc) is 2.71. The van der Waals surface area contributed by atoms with Crippen LogP contribution >= 0.6 is 0 Å². The van der Waals surface area contributed by atoms with Gasteiger partial charge in [0.1, 0.15) is 5.65 Å². The minimum atomic E-state index is -0.548. The standard InChI is InChI=1S/C21H22N4O3/c1-3-10-24(14-15-8-6-5-7-9-15)20(27)16-12-17-18(22-13-16)25(11-4-2)21(28)23-19(17)26/h3,5-9,12-13H,1,4,10-11,14H2,2H3,(H,23,26,28). The molecule has 1 N–H and O–H groups in total. The van der Waals surface area contributed by atoms with Crippen molar-refractivity contribution >= 4 is 16.9 Å². The van der Waals surface area contributed by atoms with Crippen molar-refractivity contribution in [3.63, 3.8) is 0 Å². The lowest BCUT2D eigenvalue weighted by Gasteiger charge is -2.21. The van der Waals surface area contributed by atoms with Crippen LogP contribution in [0.15, 0.2) is 64.8 Å². The maximum atomic E-state index is 13.0. The van der Waals surface area contributed by atoms with Crippen molar-refractivity contribution in [2.45, 2.75) is 26.4 Å². The SMILES string of the molecule is C=CCN(Cc1ccccc1)C(=O)c1cnc2c(c1)c(=O)[nH]c(=O)n2CCC. The molecule has 2 aromatic heterocycles. The summed E-state index contributed by atoms with van der Waals surface area (Å²) < 4.78 is 1.41. The molecule has 0 atom stereocenters. The molecule has 1 aromatic carbocycles. The van der Waals surface area contributed by atoms with Crippen molar-refractivity contribution in [1.82, 2.24) is 19.4 Å². The lowest BCUT2D eigenvalue weighted by Crippen LogP contribution is -2.33. The highest BCUT2D eigenvalue weighted by atomic mass is 16.2. The van der Waals surface area contributed by atoms with Crippen LogP contribution in [0.2, 0.25) is 0 Å². The fourth-order valence-electron chi connectivity index (χ4n) is 3.08. The van der Waals surface area contributed by atoms with Crippen LogP contribution < -0.4 is 11.2 Å². The Balaban J connectivity index is 2.01. The van der Waals surface area contributed by atoms with Gasteiger partial charge in [-0.25, -0.2) is 9.78 Å². The third-order valence-electron chi connectivity index (χ3n) is 4.38. The van der Waals surface area contributed by atoms with Gasteiger partial charge in [0, 0.05) is 25.8 Å². The summed E-state index contributed by atoms with van der Waals surface area (Å²) in [6.07, 6.45) is 3.78. The van der Waals surface area contributed by atoms with E-state index < -0.39 is 11.2 Å². The predicted molar refractivity (Wildman–Crippen MR) is 108 cm³/mol. The number of hydrogen-bond donors (Lipinski definition) is 1. The number of hydrogen-bond acceptors (Lipinski definition) is 4. The van der Waals surface area contributed by atoms with Gasteiger partial charge in [-0.3, -0.25) is 19.1 Å². The molecule has 2 heterocycles. The number of carbonyl (C=O) groups is 1. The van der Waals surface area contributed by atoms with Gasteiger partial charge in [-0.05, 0) is 18.1 Å². The number of benzene rings is 1. The molecule has 0 fully saturated rings. The minimum absolute atomic E-state index is 0.220. The number of fused-ring (bicyclic) bond motifs is 1. The number of pyridine rings is 1. The number of aryl methyl sites for hydroxylation is 1. The van der Waals surface area contributed by atoms with Crippen molar-refractivity contribution in [3.8, 4) is 0 Å². The Kier molecular flexibility index (Phi) is 5.84. The number of aromatic amines is 1. The first-order chi connectivity index (χ1) is 13.5. The van der Waals surface area contributed by atoms with Crippen LogP contribution in [-0.4, -0.2) is 31.9 Å². The first-order valence-electron chi connectivity index (χ1n) is 9.12. The average molecular weight is 378 g/mol. The van der Waals surface area contributed by atoms with E-state index in [1.165, 1.54) is 16.8 Å². The first-order valence-corrected chi connectivity index (χ1v) is 9.12. The van der Waals surface area contributed by atoms with Crippen LogP contribution in [0.3, 0.4) is 0 Å². The van der Waals surface area contributed by atoms with Gasteiger partial charge < -0.3 is 4.90 Å². The van der Waals surface area contributed by atoms with Crippen molar-refractivity contribution in [3.05, 3.63) is 87.2 Å². The molecular formula is C21H22N4O3. The molecular weight excluding hydrogens is 356 g/mol. The summed E-state index contributed by atoms with van der Waals surface area (Å²) in [6, 6.07) is 11.1. The highest BCUT2D eigenvalue weighted by Crippen LogP contribution is 2.13. The molecule has 0 aliphatic rings. The molecule has 0 bridgehead atoms. The van der Waals surface area contributed by atoms with E-state index >= 15 is 0 Å². The molecule has 0 saturated heterocycles. The monoisotopic (exact) mass is 378 g/mol. The second-order valence-corrected chi connectivity index (χ2v) is 6.47. The van der Waals surface area contributed by atoms with Gasteiger partial charge in [-0.15, -0.1) is 6.58 Å². The first kappa shape index (κ1) is 19.3. The van der Waals surface area contributed by atoms with Crippen molar-refractivity contribution < 1.29 is 4.79 Å². The Hall–Kier alpha value is -3.48. The van der Waals surface area contributed by atoms with Crippen LogP contribution in [0.4, 0.5) is 0 Å². The maximum Gasteiger partial charge on any atom is 0.329 e. The molecule has 0 aliphatic carbocycles. The minimum Gasteiger partial charge on any atom is -0.331 e. The Morgan fingerprint density at radius 3 is 2.71 bits per heavy atom. The molecule has 0 aliphatic heterocycles. The molecule has 3 rings (SSSR count). The van der Waals surface area contributed by atoms with Gasteiger partial charge in [0.05, 0.1) is 10.9 Å². The van der Waals surface area contributed by atoms with Gasteiger partial charge in [0.25, 0.3) is 11.5 Å². The van der Waals surface area contributed by atoms with Gasteiger partial charge >= 0.3 is 5.69 Å². The Bertz CT molecular complexity index is 1120. The Labute approximate surface area is 162 Å². The van der Waals surface area contributed by atoms with Crippen LogP contribution in [0.1, 0.15) is 29.3 Å². The lowest BCUT2D eigenvalue weighted by atomic mass is 10.1. The second-order valence-electron chi connectivity index (χ2n) is 6.47. The predicted octanol–water partition coefficient (Wildman–Crippen LogP) is 2.32. The van der Waals surface area contributed by atoms with Crippen LogP contribution in [0, 0.1) is 0 Å². The summed E-state index contributed by atoms with van der Waals surface area (Å²) in [7, 11) is 0. The summed E-state index contributed by atoms with van der Waals surface area (Å²) in [5.74, 6) is -0.259. The summed E-state index contributed by atoms with van der Waals surface area (Å²) in [4.78, 5) is 45.5. The number of nitrogens with zero attached hydrogens (tertiary/aromatic N) is 3. The van der Waals surface area contributed by atoms with E-state index in [0.29, 0.717) is 26.1 Å². The number of carbonyl (C=O) groups excluding carboxylic acids is 1. The van der Waals surface area contributed by atoms with Crippen molar-refractivity contribution in [1.29, 1.82) is 0 Å². The smallest absolute Gasteiger partial charge is 0.329 e. The van der Waals surface area contributed by atoms with Crippen LogP contribution in [0.5, 0.6) is 0 Å². The quantitative estimate of drug-likeness (QED) is 0.639. The molecule has 28 heavy (non-hydrogen) atoms.